The molecule has 0 fully saturated rings. The van der Waals surface area contributed by atoms with E-state index in [1.165, 1.54) is 0 Å². The number of benzene rings is 1. The molecule has 2 aromatic heterocycles. The molecule has 0 aliphatic carbocycles. The van der Waals surface area contributed by atoms with E-state index in [0.29, 0.717) is 5.95 Å². The van der Waals surface area contributed by atoms with Crippen molar-refractivity contribution in [3.63, 3.8) is 0 Å². The van der Waals surface area contributed by atoms with Crippen LogP contribution in [0.4, 0.5) is 5.95 Å². The second-order valence-corrected chi connectivity index (χ2v) is 7.83. The molecule has 2 heterocycles. The lowest BCUT2D eigenvalue weighted by atomic mass is 10.1. The molecule has 0 aliphatic rings. The summed E-state index contributed by atoms with van der Waals surface area (Å²) in [5.74, 6) is 0.382. The Bertz CT molecular complexity index is 955. The Morgan fingerprint density at radius 3 is 2.65 bits per heavy atom. The highest BCUT2D eigenvalue weighted by Gasteiger charge is 2.16. The second-order valence-electron chi connectivity index (χ2n) is 6.37. The fourth-order valence-electron chi connectivity index (χ4n) is 3.08. The first-order chi connectivity index (χ1) is 12.5. The van der Waals surface area contributed by atoms with Gasteiger partial charge in [-0.2, -0.15) is 0 Å². The van der Waals surface area contributed by atoms with Gasteiger partial charge in [0.2, 0.25) is 11.9 Å². The normalized spacial score (nSPS) is 11.0. The molecule has 6 heteroatoms. The van der Waals surface area contributed by atoms with Gasteiger partial charge < -0.3 is 4.57 Å². The number of aryl methyl sites for hydroxylation is 3. The molecule has 0 atom stereocenters. The molecule has 3 rings (SSSR count). The van der Waals surface area contributed by atoms with Crippen molar-refractivity contribution in [3.05, 3.63) is 45.6 Å². The Labute approximate surface area is 157 Å². The van der Waals surface area contributed by atoms with Gasteiger partial charge in [-0.3, -0.25) is 14.9 Å². The van der Waals surface area contributed by atoms with Crippen LogP contribution in [0.1, 0.15) is 46.3 Å². The average Bonchev–Trinajstić information content (AvgIpc) is 3.13. The second kappa shape index (κ2) is 7.83. The number of anilines is 1. The summed E-state index contributed by atoms with van der Waals surface area (Å²) in [5.41, 5.74) is 2.60. The summed E-state index contributed by atoms with van der Waals surface area (Å²) in [6, 6.07) is 9.73. The number of amides is 1. The van der Waals surface area contributed by atoms with Crippen LogP contribution in [0.5, 0.6) is 0 Å². The standard InChI is InChI=1S/C20H23N3O2S/c1-4-11-23-17-8-6-5-7-16(17)21-20(23)22-19(25)10-9-18(24)15-12-13(2)26-14(15)3/h5-8,12H,4,9-11H2,1-3H3,(H,21,22,25). The monoisotopic (exact) mass is 369 g/mol. The van der Waals surface area contributed by atoms with Crippen molar-refractivity contribution in [2.24, 2.45) is 0 Å². The van der Waals surface area contributed by atoms with Gasteiger partial charge in [-0.25, -0.2) is 4.98 Å². The lowest BCUT2D eigenvalue weighted by Gasteiger charge is -2.08. The summed E-state index contributed by atoms with van der Waals surface area (Å²) < 4.78 is 2.02. The molecule has 136 valence electrons. The fourth-order valence-corrected chi connectivity index (χ4v) is 4.02. The van der Waals surface area contributed by atoms with E-state index in [9.17, 15) is 9.59 Å². The number of nitrogens with zero attached hydrogens (tertiary/aromatic N) is 2. The predicted octanol–water partition coefficient (Wildman–Crippen LogP) is 4.73. The van der Waals surface area contributed by atoms with Crippen molar-refractivity contribution in [2.75, 3.05) is 5.32 Å². The minimum Gasteiger partial charge on any atom is -0.310 e. The quantitative estimate of drug-likeness (QED) is 0.613. The van der Waals surface area contributed by atoms with Crippen molar-refractivity contribution in [3.8, 4) is 0 Å². The number of rotatable bonds is 7. The highest BCUT2D eigenvalue weighted by Crippen LogP contribution is 2.23. The van der Waals surface area contributed by atoms with Gasteiger partial charge in [0, 0.05) is 34.7 Å². The number of fused-ring (bicyclic) bond motifs is 1. The topological polar surface area (TPSA) is 64.0 Å². The Kier molecular flexibility index (Phi) is 5.52. The third kappa shape index (κ3) is 3.85. The van der Waals surface area contributed by atoms with E-state index in [1.54, 1.807) is 11.3 Å². The summed E-state index contributed by atoms with van der Waals surface area (Å²) in [7, 11) is 0. The number of ketones is 1. The summed E-state index contributed by atoms with van der Waals surface area (Å²) in [4.78, 5) is 31.4. The van der Waals surface area contributed by atoms with Crippen LogP contribution in [-0.4, -0.2) is 21.2 Å². The largest absolute Gasteiger partial charge is 0.310 e. The Balaban J connectivity index is 1.68. The van der Waals surface area contributed by atoms with Crippen molar-refractivity contribution in [1.29, 1.82) is 0 Å². The number of carbonyl (C=O) groups is 2. The number of imidazole rings is 1. The number of hydrogen-bond acceptors (Lipinski definition) is 4. The van der Waals surface area contributed by atoms with Gasteiger partial charge in [0.1, 0.15) is 0 Å². The summed E-state index contributed by atoms with van der Waals surface area (Å²) in [5, 5.41) is 2.87. The Morgan fingerprint density at radius 2 is 1.96 bits per heavy atom. The van der Waals surface area contributed by atoms with E-state index >= 15 is 0 Å². The Morgan fingerprint density at radius 1 is 1.19 bits per heavy atom. The molecular weight excluding hydrogens is 346 g/mol. The van der Waals surface area contributed by atoms with Crippen LogP contribution >= 0.6 is 11.3 Å². The molecule has 0 spiro atoms. The highest BCUT2D eigenvalue weighted by atomic mass is 32.1. The van der Waals surface area contributed by atoms with Crippen molar-refractivity contribution >= 4 is 40.0 Å². The first-order valence-electron chi connectivity index (χ1n) is 8.85. The van der Waals surface area contributed by atoms with E-state index < -0.39 is 0 Å². The molecule has 1 amide bonds. The third-order valence-electron chi connectivity index (χ3n) is 4.27. The molecule has 0 bridgehead atoms. The minimum atomic E-state index is -0.185. The molecule has 5 nitrogen and oxygen atoms in total. The first kappa shape index (κ1) is 18.3. The molecule has 0 radical (unpaired) electrons. The van der Waals surface area contributed by atoms with E-state index in [-0.39, 0.29) is 24.5 Å². The van der Waals surface area contributed by atoms with Crippen LogP contribution in [-0.2, 0) is 11.3 Å². The highest BCUT2D eigenvalue weighted by molar-refractivity contribution is 7.12. The molecule has 3 aromatic rings. The summed E-state index contributed by atoms with van der Waals surface area (Å²) >= 11 is 1.61. The van der Waals surface area contributed by atoms with Gasteiger partial charge in [-0.15, -0.1) is 11.3 Å². The van der Waals surface area contributed by atoms with Crippen molar-refractivity contribution in [1.82, 2.24) is 9.55 Å². The molecular formula is C20H23N3O2S. The molecule has 0 unspecified atom stereocenters. The number of para-hydroxylation sites is 2. The molecule has 0 aliphatic heterocycles. The zero-order valence-corrected chi connectivity index (χ0v) is 16.2. The fraction of sp³-hybridized carbons (Fsp3) is 0.350. The van der Waals surface area contributed by atoms with Crippen molar-refractivity contribution in [2.45, 2.75) is 46.6 Å². The van der Waals surface area contributed by atoms with E-state index in [4.69, 9.17) is 0 Å². The van der Waals surface area contributed by atoms with E-state index in [2.05, 4.69) is 17.2 Å². The minimum absolute atomic E-state index is 0.0176. The summed E-state index contributed by atoms with van der Waals surface area (Å²) in [6.07, 6.45) is 1.30. The number of aromatic nitrogens is 2. The van der Waals surface area contributed by atoms with Crippen LogP contribution in [0.25, 0.3) is 11.0 Å². The van der Waals surface area contributed by atoms with Gasteiger partial charge >= 0.3 is 0 Å². The van der Waals surface area contributed by atoms with E-state index in [1.807, 2.05) is 48.7 Å². The number of carbonyl (C=O) groups excluding carboxylic acids is 2. The molecule has 0 saturated heterocycles. The van der Waals surface area contributed by atoms with Gasteiger partial charge in [-0.05, 0) is 38.5 Å². The van der Waals surface area contributed by atoms with Crippen LogP contribution in [0.15, 0.2) is 30.3 Å². The van der Waals surface area contributed by atoms with Crippen molar-refractivity contribution < 1.29 is 9.59 Å². The first-order valence-corrected chi connectivity index (χ1v) is 9.66. The SMILES string of the molecule is CCCn1c(NC(=O)CCC(=O)c2cc(C)sc2C)nc2ccccc21. The zero-order chi connectivity index (χ0) is 18.7. The van der Waals surface area contributed by atoms with Crippen LogP contribution in [0, 0.1) is 13.8 Å². The maximum atomic E-state index is 12.4. The maximum absolute atomic E-state index is 12.4. The smallest absolute Gasteiger partial charge is 0.227 e. The lowest BCUT2D eigenvalue weighted by molar-refractivity contribution is -0.116. The summed E-state index contributed by atoms with van der Waals surface area (Å²) in [6.45, 7) is 6.80. The van der Waals surface area contributed by atoms with Gasteiger partial charge in [0.05, 0.1) is 11.0 Å². The molecule has 1 aromatic carbocycles. The Hall–Kier alpha value is -2.47. The zero-order valence-electron chi connectivity index (χ0n) is 15.3. The van der Waals surface area contributed by atoms with Gasteiger partial charge in [-0.1, -0.05) is 19.1 Å². The molecule has 1 N–H and O–H groups in total. The number of hydrogen-bond donors (Lipinski definition) is 1. The third-order valence-corrected chi connectivity index (χ3v) is 5.24. The van der Waals surface area contributed by atoms with Gasteiger partial charge in [0.15, 0.2) is 5.78 Å². The maximum Gasteiger partial charge on any atom is 0.227 e. The number of thiophene rings is 1. The van der Waals surface area contributed by atoms with Crippen LogP contribution in [0.2, 0.25) is 0 Å². The number of Topliss-reactive ketones (excluding diaryl/α,β-unsaturated/α-hetero) is 1. The van der Waals surface area contributed by atoms with Crippen LogP contribution in [0.3, 0.4) is 0 Å². The van der Waals surface area contributed by atoms with E-state index in [0.717, 1.165) is 39.3 Å². The predicted molar refractivity (Wildman–Crippen MR) is 106 cm³/mol. The average molecular weight is 369 g/mol. The lowest BCUT2D eigenvalue weighted by Crippen LogP contribution is -2.17. The van der Waals surface area contributed by atoms with Gasteiger partial charge in [0.25, 0.3) is 0 Å². The van der Waals surface area contributed by atoms with Crippen LogP contribution < -0.4 is 5.32 Å². The molecule has 0 saturated carbocycles. The molecule has 26 heavy (non-hydrogen) atoms. The number of nitrogens with one attached hydrogen (secondary N) is 1.